The van der Waals surface area contributed by atoms with Crippen LogP contribution in [0.4, 0.5) is 13.2 Å². The van der Waals surface area contributed by atoms with Crippen LogP contribution in [-0.2, 0) is 11.0 Å². The van der Waals surface area contributed by atoms with Gasteiger partial charge in [-0.05, 0) is 30.9 Å². The van der Waals surface area contributed by atoms with Crippen LogP contribution in [0.25, 0.3) is 11.1 Å². The van der Waals surface area contributed by atoms with E-state index in [0.717, 1.165) is 6.07 Å². The van der Waals surface area contributed by atoms with Crippen molar-refractivity contribution in [3.8, 4) is 5.88 Å². The Labute approximate surface area is 182 Å². The minimum absolute atomic E-state index is 0.120. The summed E-state index contributed by atoms with van der Waals surface area (Å²) in [6.45, 7) is 4.07. The first-order chi connectivity index (χ1) is 15.2. The molecule has 4 heterocycles. The highest BCUT2D eigenvalue weighted by molar-refractivity contribution is 5.82. The molecule has 0 aromatic carbocycles. The zero-order valence-corrected chi connectivity index (χ0v) is 17.7. The lowest BCUT2D eigenvalue weighted by Crippen LogP contribution is -2.41. The number of amides is 1. The van der Waals surface area contributed by atoms with Crippen LogP contribution in [0.5, 0.6) is 5.88 Å². The molecule has 1 saturated heterocycles. The monoisotopic (exact) mass is 448 g/mol. The maximum absolute atomic E-state index is 13.9. The van der Waals surface area contributed by atoms with E-state index < -0.39 is 17.7 Å². The molecule has 170 valence electrons. The summed E-state index contributed by atoms with van der Waals surface area (Å²) in [7, 11) is 0. The van der Waals surface area contributed by atoms with Crippen molar-refractivity contribution in [2.75, 3.05) is 19.7 Å². The maximum atomic E-state index is 13.9. The summed E-state index contributed by atoms with van der Waals surface area (Å²) >= 11 is 0. The van der Waals surface area contributed by atoms with E-state index in [1.165, 1.54) is 0 Å². The smallest absolute Gasteiger partial charge is 0.417 e. The van der Waals surface area contributed by atoms with Gasteiger partial charge in [-0.3, -0.25) is 4.79 Å². The average Bonchev–Trinajstić information content (AvgIpc) is 3.21. The number of carbonyl (C=O) groups excluding carboxylic acids is 1. The number of pyridine rings is 2. The highest BCUT2D eigenvalue weighted by Gasteiger charge is 2.38. The Morgan fingerprint density at radius 2 is 2.16 bits per heavy atom. The topological polar surface area (TPSA) is 81.4 Å². The van der Waals surface area contributed by atoms with Gasteiger partial charge in [0.05, 0.1) is 16.6 Å². The van der Waals surface area contributed by atoms with Gasteiger partial charge in [-0.1, -0.05) is 25.1 Å². The van der Waals surface area contributed by atoms with E-state index in [-0.39, 0.29) is 41.8 Å². The second-order valence-corrected chi connectivity index (χ2v) is 8.13. The summed E-state index contributed by atoms with van der Waals surface area (Å²) in [6, 6.07) is 6.20. The number of aromatic nitrogens is 3. The van der Waals surface area contributed by atoms with Gasteiger partial charge in [0.15, 0.2) is 6.61 Å². The molecule has 1 fully saturated rings. The van der Waals surface area contributed by atoms with Crippen molar-refractivity contribution in [2.24, 2.45) is 0 Å². The van der Waals surface area contributed by atoms with Crippen LogP contribution in [0.2, 0.25) is 0 Å². The minimum Gasteiger partial charge on any atom is -0.468 e. The summed E-state index contributed by atoms with van der Waals surface area (Å²) in [5.41, 5.74) is -0.442. The van der Waals surface area contributed by atoms with Crippen LogP contribution in [0.15, 0.2) is 35.0 Å². The molecule has 7 nitrogen and oxygen atoms in total. The number of hydrogen-bond acceptors (Lipinski definition) is 6. The largest absolute Gasteiger partial charge is 0.468 e. The standard InChI is InChI=1S/C22H23F3N4O3/c1-13(2)16-10-15(22(23,24)25)19-20(28-32-21(19)27-16)14-6-5-9-29(11-14)18(30)12-31-17-7-3-4-8-26-17/h3-4,7-8,10,13-14H,5-6,9,11-12H2,1-2H3/t14-/m1/s1. The van der Waals surface area contributed by atoms with Crippen LogP contribution in [-0.4, -0.2) is 45.6 Å². The summed E-state index contributed by atoms with van der Waals surface area (Å²) in [6.07, 6.45) is -1.79. The van der Waals surface area contributed by atoms with E-state index in [1.807, 2.05) is 0 Å². The number of piperidine rings is 1. The summed E-state index contributed by atoms with van der Waals surface area (Å²) in [5.74, 6) is -0.518. The Kier molecular flexibility index (Phi) is 6.03. The van der Waals surface area contributed by atoms with E-state index in [2.05, 4.69) is 15.1 Å². The molecule has 3 aromatic rings. The number of likely N-dealkylation sites (tertiary alicyclic amines) is 1. The second kappa shape index (κ2) is 8.76. The van der Waals surface area contributed by atoms with E-state index in [0.29, 0.717) is 31.0 Å². The molecule has 0 aliphatic carbocycles. The average molecular weight is 448 g/mol. The van der Waals surface area contributed by atoms with Crippen molar-refractivity contribution in [1.82, 2.24) is 20.0 Å². The van der Waals surface area contributed by atoms with Gasteiger partial charge in [0.2, 0.25) is 5.88 Å². The number of carbonyl (C=O) groups is 1. The Morgan fingerprint density at radius 3 is 2.84 bits per heavy atom. The first-order valence-electron chi connectivity index (χ1n) is 10.4. The number of rotatable bonds is 5. The predicted octanol–water partition coefficient (Wildman–Crippen LogP) is 4.55. The molecule has 0 bridgehead atoms. The van der Waals surface area contributed by atoms with Gasteiger partial charge in [-0.15, -0.1) is 0 Å². The Hall–Kier alpha value is -3.17. The number of nitrogens with zero attached hydrogens (tertiary/aromatic N) is 4. The van der Waals surface area contributed by atoms with E-state index in [9.17, 15) is 18.0 Å². The summed E-state index contributed by atoms with van der Waals surface area (Å²) < 4.78 is 52.3. The van der Waals surface area contributed by atoms with Gasteiger partial charge in [-0.2, -0.15) is 13.2 Å². The van der Waals surface area contributed by atoms with E-state index in [1.54, 1.807) is 43.1 Å². The molecule has 1 amide bonds. The third kappa shape index (κ3) is 4.53. The Balaban J connectivity index is 1.58. The van der Waals surface area contributed by atoms with Crippen LogP contribution in [0.1, 0.15) is 55.5 Å². The molecule has 1 aliphatic rings. The van der Waals surface area contributed by atoms with Crippen LogP contribution >= 0.6 is 0 Å². The van der Waals surface area contributed by atoms with Crippen molar-refractivity contribution in [2.45, 2.75) is 44.7 Å². The number of fused-ring (bicyclic) bond motifs is 1. The van der Waals surface area contributed by atoms with Crippen LogP contribution in [0.3, 0.4) is 0 Å². The first-order valence-corrected chi connectivity index (χ1v) is 10.4. The number of halogens is 3. The van der Waals surface area contributed by atoms with Gasteiger partial charge in [0.25, 0.3) is 11.6 Å². The fourth-order valence-corrected chi connectivity index (χ4v) is 3.88. The number of alkyl halides is 3. The Morgan fingerprint density at radius 1 is 1.34 bits per heavy atom. The SMILES string of the molecule is CC(C)c1cc(C(F)(F)F)c2c([C@@H]3CCCN(C(=O)COc4ccccn4)C3)noc2n1. The molecule has 0 spiro atoms. The first kappa shape index (κ1) is 22.0. The molecule has 0 radical (unpaired) electrons. The third-order valence-corrected chi connectivity index (χ3v) is 5.53. The molecular formula is C22H23F3N4O3. The normalized spacial score (nSPS) is 17.2. The minimum atomic E-state index is -4.58. The molecule has 0 saturated carbocycles. The van der Waals surface area contributed by atoms with Gasteiger partial charge < -0.3 is 14.2 Å². The molecule has 4 rings (SSSR count). The Bertz CT molecular complexity index is 1100. The zero-order chi connectivity index (χ0) is 22.9. The quantitative estimate of drug-likeness (QED) is 0.570. The third-order valence-electron chi connectivity index (χ3n) is 5.53. The lowest BCUT2D eigenvalue weighted by atomic mass is 9.91. The van der Waals surface area contributed by atoms with E-state index >= 15 is 0 Å². The van der Waals surface area contributed by atoms with Crippen molar-refractivity contribution in [3.05, 3.63) is 47.4 Å². The van der Waals surface area contributed by atoms with Gasteiger partial charge in [-0.25, -0.2) is 9.97 Å². The van der Waals surface area contributed by atoms with Gasteiger partial charge in [0.1, 0.15) is 0 Å². The predicted molar refractivity (Wildman–Crippen MR) is 109 cm³/mol. The summed E-state index contributed by atoms with van der Waals surface area (Å²) in [4.78, 5) is 22.5. The fourth-order valence-electron chi connectivity index (χ4n) is 3.88. The molecular weight excluding hydrogens is 425 g/mol. The zero-order valence-electron chi connectivity index (χ0n) is 17.7. The van der Waals surface area contributed by atoms with Crippen molar-refractivity contribution >= 4 is 17.0 Å². The summed E-state index contributed by atoms with van der Waals surface area (Å²) in [5, 5.41) is 3.84. The lowest BCUT2D eigenvalue weighted by Gasteiger charge is -2.32. The molecule has 0 unspecified atom stereocenters. The second-order valence-electron chi connectivity index (χ2n) is 8.13. The van der Waals surface area contributed by atoms with Crippen molar-refractivity contribution in [3.63, 3.8) is 0 Å². The molecule has 32 heavy (non-hydrogen) atoms. The lowest BCUT2D eigenvalue weighted by molar-refractivity contribution is -0.137. The molecule has 3 aromatic heterocycles. The van der Waals surface area contributed by atoms with Gasteiger partial charge >= 0.3 is 6.18 Å². The van der Waals surface area contributed by atoms with E-state index in [4.69, 9.17) is 9.26 Å². The molecule has 0 N–H and O–H groups in total. The number of ether oxygens (including phenoxy) is 1. The van der Waals surface area contributed by atoms with Gasteiger partial charge in [0, 0.05) is 37.0 Å². The fraction of sp³-hybridized carbons (Fsp3) is 0.455. The van der Waals surface area contributed by atoms with Crippen molar-refractivity contribution < 1.29 is 27.2 Å². The molecule has 10 heteroatoms. The van der Waals surface area contributed by atoms with Crippen molar-refractivity contribution in [1.29, 1.82) is 0 Å². The number of hydrogen-bond donors (Lipinski definition) is 0. The maximum Gasteiger partial charge on any atom is 0.417 e. The van der Waals surface area contributed by atoms with Crippen LogP contribution < -0.4 is 4.74 Å². The van der Waals surface area contributed by atoms with Crippen LogP contribution in [0, 0.1) is 0 Å². The highest BCUT2D eigenvalue weighted by Crippen LogP contribution is 2.40. The molecule has 1 aliphatic heterocycles. The molecule has 1 atom stereocenters. The highest BCUT2D eigenvalue weighted by atomic mass is 19.4.